The Morgan fingerprint density at radius 1 is 0.235 bits per heavy atom. The van der Waals surface area contributed by atoms with Crippen molar-refractivity contribution in [2.45, 2.75) is 52.4 Å². The van der Waals surface area contributed by atoms with Crippen molar-refractivity contribution in [1.29, 1.82) is 0 Å². The van der Waals surface area contributed by atoms with Gasteiger partial charge in [0.1, 0.15) is 0 Å². The molecule has 0 unspecified atom stereocenters. The van der Waals surface area contributed by atoms with Crippen molar-refractivity contribution < 1.29 is 0 Å². The fourth-order valence-electron chi connectivity index (χ4n) is 12.3. The molecule has 0 N–H and O–H groups in total. The van der Waals surface area contributed by atoms with Crippen LogP contribution in [0.25, 0.3) is 141 Å². The smallest absolute Gasteiger partial charge is 0.000708 e. The van der Waals surface area contributed by atoms with Gasteiger partial charge in [0.05, 0.1) is 0 Å². The lowest BCUT2D eigenvalue weighted by Gasteiger charge is -2.22. The molecule has 14 aromatic carbocycles. The Balaban J connectivity index is 1.30. The first-order valence-electron chi connectivity index (χ1n) is 24.3. The fourth-order valence-corrected chi connectivity index (χ4v) is 12.3. The minimum Gasteiger partial charge on any atom is -0.0622 e. The monoisotopic (exact) mass is 866 g/mol. The summed E-state index contributed by atoms with van der Waals surface area (Å²) in [6, 6.07) is 74.5. The third-order valence-corrected chi connectivity index (χ3v) is 15.5. The fraction of sp³-hybridized carbons (Fsp3) is 0.118. The third-order valence-electron chi connectivity index (χ3n) is 15.5. The summed E-state index contributed by atoms with van der Waals surface area (Å²) >= 11 is 0. The van der Waals surface area contributed by atoms with Crippen LogP contribution in [0, 0.1) is 0 Å². The molecule has 0 nitrogen and oxygen atoms in total. The highest BCUT2D eigenvalue weighted by Gasteiger charge is 2.30. The average Bonchev–Trinajstić information content (AvgIpc) is 3.85. The standard InChI is InChI=1S/C68H50/c1-67(2,3)45-32-44-33-46(68(4,5)6)36-58-60(44)57(35-45)65-63(49-26-15-13-24-47(49)39-18-9-7-10-19-39)55-37-52-51-31-30-42-29-28-41-22-17-23-43-34-54(62(51)61(42)59(41)43)53(52)38-56(55)64(66(58)65)50-27-16-14-25-48(50)40-20-11-8-12-21-40/h7-38H,1-6H3. The van der Waals surface area contributed by atoms with E-state index in [1.165, 1.54) is 153 Å². The van der Waals surface area contributed by atoms with Gasteiger partial charge in [0.25, 0.3) is 0 Å². The zero-order chi connectivity index (χ0) is 45.8. The second kappa shape index (κ2) is 13.9. The van der Waals surface area contributed by atoms with E-state index in [4.69, 9.17) is 0 Å². The second-order valence-electron chi connectivity index (χ2n) is 21.6. The minimum atomic E-state index is -0.0718. The van der Waals surface area contributed by atoms with Gasteiger partial charge in [-0.1, -0.05) is 205 Å². The lowest BCUT2D eigenvalue weighted by atomic mass is 9.81. The Morgan fingerprint density at radius 2 is 0.691 bits per heavy atom. The van der Waals surface area contributed by atoms with E-state index in [1.807, 2.05) is 0 Å². The lowest BCUT2D eigenvalue weighted by molar-refractivity contribution is 0.590. The van der Waals surface area contributed by atoms with Gasteiger partial charge in [-0.15, -0.1) is 0 Å². The summed E-state index contributed by atoms with van der Waals surface area (Å²) in [6.07, 6.45) is 0. The summed E-state index contributed by atoms with van der Waals surface area (Å²) in [5, 5.41) is 23.9. The van der Waals surface area contributed by atoms with E-state index in [0.717, 1.165) is 0 Å². The first-order chi connectivity index (χ1) is 33.0. The third kappa shape index (κ3) is 5.49. The van der Waals surface area contributed by atoms with Gasteiger partial charge >= 0.3 is 0 Å². The molecule has 14 aromatic rings. The van der Waals surface area contributed by atoms with Gasteiger partial charge in [0.15, 0.2) is 0 Å². The molecule has 0 atom stereocenters. The maximum absolute atomic E-state index is 2.61. The van der Waals surface area contributed by atoms with Crippen molar-refractivity contribution in [3.63, 3.8) is 0 Å². The molecule has 0 aliphatic carbocycles. The summed E-state index contributed by atoms with van der Waals surface area (Å²) in [4.78, 5) is 0. The molecule has 0 aliphatic heterocycles. The van der Waals surface area contributed by atoms with Crippen molar-refractivity contribution in [1.82, 2.24) is 0 Å². The molecule has 0 fully saturated rings. The van der Waals surface area contributed by atoms with Gasteiger partial charge in [-0.25, -0.2) is 0 Å². The highest BCUT2D eigenvalue weighted by molar-refractivity contribution is 6.44. The van der Waals surface area contributed by atoms with Crippen molar-refractivity contribution >= 4 is 97.0 Å². The molecule has 322 valence electrons. The molecule has 0 saturated heterocycles. The highest BCUT2D eigenvalue weighted by atomic mass is 14.3. The summed E-state index contributed by atoms with van der Waals surface area (Å²) < 4.78 is 0. The Morgan fingerprint density at radius 3 is 1.22 bits per heavy atom. The number of fused-ring (bicyclic) bond motifs is 7. The summed E-state index contributed by atoms with van der Waals surface area (Å²) in [5.41, 5.74) is 12.6. The molecule has 0 bridgehead atoms. The Labute approximate surface area is 397 Å². The van der Waals surface area contributed by atoms with Crippen LogP contribution in [0.3, 0.4) is 0 Å². The van der Waals surface area contributed by atoms with Crippen LogP contribution in [-0.2, 0) is 10.8 Å². The van der Waals surface area contributed by atoms with Crippen molar-refractivity contribution in [3.8, 4) is 44.5 Å². The summed E-state index contributed by atoms with van der Waals surface area (Å²) in [6.45, 7) is 14.2. The van der Waals surface area contributed by atoms with Crippen molar-refractivity contribution in [3.05, 3.63) is 205 Å². The SMILES string of the molecule is CC(C)(C)c1cc2cc(C(C)(C)C)cc3c4c(-c5ccccc5-c5ccccc5)c5cc6c(cc5c(-c5ccccc5-c5ccccc5)c4c(c1)c23)c1ccc2ccc3cccc4cc6c1c2c34. The zero-order valence-corrected chi connectivity index (χ0v) is 39.5. The Bertz CT molecular complexity index is 4340. The number of benzene rings is 12. The van der Waals surface area contributed by atoms with Crippen LogP contribution >= 0.6 is 0 Å². The lowest BCUT2D eigenvalue weighted by Crippen LogP contribution is -2.12. The second-order valence-corrected chi connectivity index (χ2v) is 21.6. The molecule has 0 amide bonds. The van der Waals surface area contributed by atoms with E-state index in [0.29, 0.717) is 0 Å². The van der Waals surface area contributed by atoms with E-state index in [1.54, 1.807) is 0 Å². The van der Waals surface area contributed by atoms with Crippen LogP contribution in [-0.4, -0.2) is 0 Å². The van der Waals surface area contributed by atoms with E-state index in [9.17, 15) is 0 Å². The van der Waals surface area contributed by atoms with Gasteiger partial charge in [-0.2, -0.15) is 0 Å². The molecule has 14 rings (SSSR count). The summed E-state index contributed by atoms with van der Waals surface area (Å²) in [7, 11) is 0. The predicted octanol–water partition coefficient (Wildman–Crippen LogP) is 19.6. The summed E-state index contributed by atoms with van der Waals surface area (Å²) in [5.74, 6) is 0. The zero-order valence-electron chi connectivity index (χ0n) is 39.5. The molecular weight excluding hydrogens is 817 g/mol. The first kappa shape index (κ1) is 39.4. The number of hydrogen-bond donors (Lipinski definition) is 0. The van der Waals surface area contributed by atoms with E-state index >= 15 is 0 Å². The molecule has 0 aliphatic rings. The molecule has 0 heteroatoms. The molecule has 0 spiro atoms. The van der Waals surface area contributed by atoms with Gasteiger partial charge in [0.2, 0.25) is 0 Å². The topological polar surface area (TPSA) is 0 Å². The van der Waals surface area contributed by atoms with E-state index in [2.05, 4.69) is 236 Å². The van der Waals surface area contributed by atoms with Crippen LogP contribution in [0.1, 0.15) is 52.7 Å². The first-order valence-corrected chi connectivity index (χ1v) is 24.3. The van der Waals surface area contributed by atoms with Gasteiger partial charge in [-0.3, -0.25) is 0 Å². The van der Waals surface area contributed by atoms with Gasteiger partial charge < -0.3 is 0 Å². The Hall–Kier alpha value is -7.80. The predicted molar refractivity (Wildman–Crippen MR) is 297 cm³/mol. The van der Waals surface area contributed by atoms with Crippen LogP contribution in [0.4, 0.5) is 0 Å². The molecule has 0 aromatic heterocycles. The molecular formula is C68H50. The van der Waals surface area contributed by atoms with Gasteiger partial charge in [-0.05, 0) is 194 Å². The maximum atomic E-state index is 2.61. The van der Waals surface area contributed by atoms with E-state index in [-0.39, 0.29) is 10.8 Å². The van der Waals surface area contributed by atoms with E-state index < -0.39 is 0 Å². The largest absolute Gasteiger partial charge is 0.0622 e. The van der Waals surface area contributed by atoms with Crippen molar-refractivity contribution in [2.24, 2.45) is 0 Å². The minimum absolute atomic E-state index is 0.0711. The van der Waals surface area contributed by atoms with Crippen LogP contribution in [0.2, 0.25) is 0 Å². The normalized spacial score (nSPS) is 12.9. The molecule has 0 heterocycles. The maximum Gasteiger partial charge on any atom is -0.000708 e. The van der Waals surface area contributed by atoms with Crippen LogP contribution in [0.15, 0.2) is 194 Å². The highest BCUT2D eigenvalue weighted by Crippen LogP contribution is 2.57. The number of rotatable bonds is 4. The van der Waals surface area contributed by atoms with Crippen molar-refractivity contribution in [2.75, 3.05) is 0 Å². The molecule has 0 radical (unpaired) electrons. The van der Waals surface area contributed by atoms with Crippen LogP contribution in [0.5, 0.6) is 0 Å². The van der Waals surface area contributed by atoms with Gasteiger partial charge in [0, 0.05) is 0 Å². The van der Waals surface area contributed by atoms with Crippen LogP contribution < -0.4 is 0 Å². The average molecular weight is 867 g/mol. The quantitative estimate of drug-likeness (QED) is 0.155. The number of hydrogen-bond acceptors (Lipinski definition) is 0. The molecule has 68 heavy (non-hydrogen) atoms. The Kier molecular flexibility index (Phi) is 8.04. The molecule has 0 saturated carbocycles.